The topological polar surface area (TPSA) is 61.8 Å². The highest BCUT2D eigenvalue weighted by molar-refractivity contribution is 5.89. The maximum Gasteiger partial charge on any atom is 0.337 e. The lowest BCUT2D eigenvalue weighted by Crippen LogP contribution is -2.00. The number of benzene rings is 1. The van der Waals surface area contributed by atoms with Gasteiger partial charge in [0.25, 0.3) is 0 Å². The minimum atomic E-state index is -0.394. The molecule has 5 heteroatoms. The van der Waals surface area contributed by atoms with E-state index in [4.69, 9.17) is 4.74 Å². The van der Waals surface area contributed by atoms with E-state index < -0.39 is 5.97 Å². The smallest absolute Gasteiger partial charge is 0.337 e. The lowest BCUT2D eigenvalue weighted by molar-refractivity contribution is -0.134. The van der Waals surface area contributed by atoms with Crippen LogP contribution in [0, 0.1) is 0 Å². The predicted molar refractivity (Wildman–Crippen MR) is 77.9 cm³/mol. The van der Waals surface area contributed by atoms with Gasteiger partial charge in [-0.25, -0.2) is 9.59 Å². The van der Waals surface area contributed by atoms with Crippen molar-refractivity contribution >= 4 is 11.9 Å². The van der Waals surface area contributed by atoms with E-state index in [1.807, 2.05) is 13.8 Å². The number of carbonyl (C=O) groups is 2. The zero-order valence-corrected chi connectivity index (χ0v) is 12.6. The Labute approximate surface area is 120 Å². The van der Waals surface area contributed by atoms with Gasteiger partial charge < -0.3 is 14.2 Å². The average molecular weight is 282 g/mol. The SMILES string of the molecule is C=CC(=O)OC.CC.COC(=O)c1ccc(OC)cc1. The summed E-state index contributed by atoms with van der Waals surface area (Å²) in [6.45, 7) is 7.16. The molecule has 112 valence electrons. The summed E-state index contributed by atoms with van der Waals surface area (Å²) in [7, 11) is 4.24. The minimum Gasteiger partial charge on any atom is -0.497 e. The summed E-state index contributed by atoms with van der Waals surface area (Å²) in [4.78, 5) is 20.8. The van der Waals surface area contributed by atoms with Gasteiger partial charge in [-0.15, -0.1) is 0 Å². The van der Waals surface area contributed by atoms with E-state index in [2.05, 4.69) is 16.1 Å². The number of carbonyl (C=O) groups excluding carboxylic acids is 2. The molecule has 0 spiro atoms. The Bertz CT molecular complexity index is 395. The summed E-state index contributed by atoms with van der Waals surface area (Å²) in [6, 6.07) is 6.74. The van der Waals surface area contributed by atoms with E-state index >= 15 is 0 Å². The predicted octanol–water partition coefficient (Wildman–Crippen LogP) is 2.85. The monoisotopic (exact) mass is 282 g/mol. The summed E-state index contributed by atoms with van der Waals surface area (Å²) in [6.07, 6.45) is 1.11. The van der Waals surface area contributed by atoms with E-state index in [0.29, 0.717) is 5.56 Å². The Kier molecular flexibility index (Phi) is 13.2. The third-order valence-corrected chi connectivity index (χ3v) is 1.88. The van der Waals surface area contributed by atoms with Crippen LogP contribution in [0.4, 0.5) is 0 Å². The largest absolute Gasteiger partial charge is 0.497 e. The lowest BCUT2D eigenvalue weighted by atomic mass is 10.2. The van der Waals surface area contributed by atoms with Crippen LogP contribution in [-0.4, -0.2) is 33.3 Å². The van der Waals surface area contributed by atoms with Crippen LogP contribution in [0.15, 0.2) is 36.9 Å². The Morgan fingerprint density at radius 2 is 1.50 bits per heavy atom. The molecule has 20 heavy (non-hydrogen) atoms. The molecule has 0 N–H and O–H groups in total. The Morgan fingerprint density at radius 1 is 1.00 bits per heavy atom. The maximum absolute atomic E-state index is 11.0. The third kappa shape index (κ3) is 8.74. The van der Waals surface area contributed by atoms with Crippen molar-refractivity contribution in [1.29, 1.82) is 0 Å². The van der Waals surface area contributed by atoms with Gasteiger partial charge in [-0.2, -0.15) is 0 Å². The first-order chi connectivity index (χ1) is 9.58. The van der Waals surface area contributed by atoms with Crippen LogP contribution in [0.1, 0.15) is 24.2 Å². The van der Waals surface area contributed by atoms with Crippen molar-refractivity contribution in [2.24, 2.45) is 0 Å². The van der Waals surface area contributed by atoms with Crippen molar-refractivity contribution in [2.75, 3.05) is 21.3 Å². The van der Waals surface area contributed by atoms with Crippen LogP contribution >= 0.6 is 0 Å². The number of ether oxygens (including phenoxy) is 3. The van der Waals surface area contributed by atoms with Gasteiger partial charge >= 0.3 is 11.9 Å². The molecule has 1 aromatic carbocycles. The van der Waals surface area contributed by atoms with E-state index in [1.165, 1.54) is 14.2 Å². The normalized spacial score (nSPS) is 7.85. The van der Waals surface area contributed by atoms with Gasteiger partial charge in [-0.3, -0.25) is 0 Å². The molecule has 0 heterocycles. The van der Waals surface area contributed by atoms with Crippen molar-refractivity contribution in [3.63, 3.8) is 0 Å². The molecule has 0 radical (unpaired) electrons. The average Bonchev–Trinajstić information content (AvgIpc) is 2.55. The van der Waals surface area contributed by atoms with E-state index in [9.17, 15) is 9.59 Å². The van der Waals surface area contributed by atoms with E-state index in [-0.39, 0.29) is 5.97 Å². The molecule has 0 saturated heterocycles. The third-order valence-electron chi connectivity index (χ3n) is 1.88. The van der Waals surface area contributed by atoms with Crippen molar-refractivity contribution in [2.45, 2.75) is 13.8 Å². The highest BCUT2D eigenvalue weighted by atomic mass is 16.5. The Balaban J connectivity index is 0. The van der Waals surface area contributed by atoms with Gasteiger partial charge in [0, 0.05) is 6.08 Å². The molecule has 1 aromatic rings. The molecule has 0 aliphatic rings. The van der Waals surface area contributed by atoms with Crippen LogP contribution in [0.2, 0.25) is 0 Å². The molecule has 0 unspecified atom stereocenters. The molecule has 0 atom stereocenters. The summed E-state index contributed by atoms with van der Waals surface area (Å²) in [5.41, 5.74) is 0.526. The summed E-state index contributed by atoms with van der Waals surface area (Å²) in [5.74, 6) is -0.00435. The van der Waals surface area contributed by atoms with Gasteiger partial charge in [0.1, 0.15) is 5.75 Å². The Hall–Kier alpha value is -2.30. The van der Waals surface area contributed by atoms with Gasteiger partial charge in [-0.05, 0) is 24.3 Å². The van der Waals surface area contributed by atoms with E-state index in [0.717, 1.165) is 11.8 Å². The highest BCUT2D eigenvalue weighted by Crippen LogP contribution is 2.11. The van der Waals surface area contributed by atoms with Crippen LogP contribution < -0.4 is 4.74 Å². The molecule has 0 aliphatic heterocycles. The molecule has 0 aromatic heterocycles. The molecule has 0 saturated carbocycles. The van der Waals surface area contributed by atoms with Crippen molar-refractivity contribution in [3.05, 3.63) is 42.5 Å². The van der Waals surface area contributed by atoms with Gasteiger partial charge in [0.05, 0.1) is 26.9 Å². The molecule has 0 aliphatic carbocycles. The highest BCUT2D eigenvalue weighted by Gasteiger charge is 2.03. The van der Waals surface area contributed by atoms with Crippen LogP contribution in [0.25, 0.3) is 0 Å². The number of methoxy groups -OCH3 is 3. The fraction of sp³-hybridized carbons (Fsp3) is 0.333. The summed E-state index contributed by atoms with van der Waals surface area (Å²) >= 11 is 0. The first-order valence-corrected chi connectivity index (χ1v) is 6.01. The minimum absolute atomic E-state index is 0.336. The van der Waals surface area contributed by atoms with E-state index in [1.54, 1.807) is 31.4 Å². The molecule has 1 rings (SSSR count). The van der Waals surface area contributed by atoms with Crippen LogP contribution in [0.3, 0.4) is 0 Å². The van der Waals surface area contributed by atoms with Crippen molar-refractivity contribution < 1.29 is 23.8 Å². The zero-order valence-electron chi connectivity index (χ0n) is 12.6. The maximum atomic E-state index is 11.0. The fourth-order valence-electron chi connectivity index (χ4n) is 0.928. The van der Waals surface area contributed by atoms with Crippen LogP contribution in [-0.2, 0) is 14.3 Å². The second-order valence-corrected chi connectivity index (χ2v) is 2.95. The molecule has 0 bridgehead atoms. The quantitative estimate of drug-likeness (QED) is 0.630. The first-order valence-electron chi connectivity index (χ1n) is 6.01. The zero-order chi connectivity index (χ0) is 16.0. The van der Waals surface area contributed by atoms with Crippen molar-refractivity contribution in [1.82, 2.24) is 0 Å². The number of hydrogen-bond acceptors (Lipinski definition) is 5. The van der Waals surface area contributed by atoms with Gasteiger partial charge in [0.2, 0.25) is 0 Å². The van der Waals surface area contributed by atoms with Crippen LogP contribution in [0.5, 0.6) is 5.75 Å². The number of hydrogen-bond donors (Lipinski definition) is 0. The summed E-state index contributed by atoms with van der Waals surface area (Å²) < 4.78 is 13.6. The number of esters is 2. The molecule has 5 nitrogen and oxygen atoms in total. The second kappa shape index (κ2) is 13.1. The first kappa shape index (κ1) is 20.0. The second-order valence-electron chi connectivity index (χ2n) is 2.95. The van der Waals surface area contributed by atoms with Crippen molar-refractivity contribution in [3.8, 4) is 5.75 Å². The molecular formula is C15H22O5. The lowest BCUT2D eigenvalue weighted by Gasteiger charge is -2.00. The van der Waals surface area contributed by atoms with Gasteiger partial charge in [-0.1, -0.05) is 20.4 Å². The number of rotatable bonds is 3. The van der Waals surface area contributed by atoms with Gasteiger partial charge in [0.15, 0.2) is 0 Å². The standard InChI is InChI=1S/C9H10O3.C4H6O2.C2H6/c1-11-8-5-3-7(4-6-8)9(10)12-2;1-3-4(5)6-2;1-2/h3-6H,1-2H3;3H,1H2,2H3;1-2H3. The molecule has 0 fully saturated rings. The fourth-order valence-corrected chi connectivity index (χ4v) is 0.928. The summed E-state index contributed by atoms with van der Waals surface area (Å²) in [5, 5.41) is 0. The Morgan fingerprint density at radius 3 is 1.75 bits per heavy atom. The molecular weight excluding hydrogens is 260 g/mol. The molecule has 0 amide bonds.